The largest absolute Gasteiger partial charge is 0.514 e. The van der Waals surface area contributed by atoms with Gasteiger partial charge in [0.2, 0.25) is 6.08 Å². The Hall–Kier alpha value is -2.39. The van der Waals surface area contributed by atoms with Crippen molar-refractivity contribution < 1.29 is 19.1 Å². The van der Waals surface area contributed by atoms with Crippen LogP contribution in [0.2, 0.25) is 0 Å². The van der Waals surface area contributed by atoms with Gasteiger partial charge in [0.15, 0.2) is 5.75 Å². The molecule has 0 N–H and O–H groups in total. The summed E-state index contributed by atoms with van der Waals surface area (Å²) in [5.74, 6) is 0.139. The fourth-order valence-electron chi connectivity index (χ4n) is 0.931. The van der Waals surface area contributed by atoms with Gasteiger partial charge in [0.1, 0.15) is 12.3 Å². The van der Waals surface area contributed by atoms with Gasteiger partial charge in [-0.2, -0.15) is 4.99 Å². The molecule has 0 fully saturated rings. The third-order valence-electron chi connectivity index (χ3n) is 1.54. The van der Waals surface area contributed by atoms with Gasteiger partial charge in [-0.3, -0.25) is 0 Å². The van der Waals surface area contributed by atoms with Crippen LogP contribution in [0.4, 0.5) is 10.5 Å². The first-order valence-corrected chi connectivity index (χ1v) is 4.40. The Morgan fingerprint density at radius 2 is 2.25 bits per heavy atom. The SMILES string of the molecule is C=CCOC(=O)Oc1ccccc1N=C=O. The van der Waals surface area contributed by atoms with Crippen LogP contribution in [0.15, 0.2) is 41.9 Å². The maximum Gasteiger partial charge on any atom is 0.514 e. The van der Waals surface area contributed by atoms with Crippen LogP contribution in [0.1, 0.15) is 0 Å². The third kappa shape index (κ3) is 3.40. The molecule has 1 aromatic carbocycles. The molecule has 1 aromatic rings. The van der Waals surface area contributed by atoms with Crippen molar-refractivity contribution >= 4 is 17.9 Å². The lowest BCUT2D eigenvalue weighted by Gasteiger charge is -2.05. The van der Waals surface area contributed by atoms with Crippen LogP contribution < -0.4 is 4.74 Å². The highest BCUT2D eigenvalue weighted by molar-refractivity contribution is 5.68. The first kappa shape index (κ1) is 11.7. The second-order valence-corrected chi connectivity index (χ2v) is 2.62. The monoisotopic (exact) mass is 219 g/mol. The number of carbonyl (C=O) groups excluding carboxylic acids is 2. The van der Waals surface area contributed by atoms with E-state index in [9.17, 15) is 9.59 Å². The molecule has 0 saturated heterocycles. The molecule has 0 radical (unpaired) electrons. The first-order valence-electron chi connectivity index (χ1n) is 4.40. The fourth-order valence-corrected chi connectivity index (χ4v) is 0.931. The van der Waals surface area contributed by atoms with Gasteiger partial charge in [-0.1, -0.05) is 24.8 Å². The summed E-state index contributed by atoms with van der Waals surface area (Å²) in [6.07, 6.45) is 1.90. The Balaban J connectivity index is 2.76. The number of rotatable bonds is 4. The molecule has 0 amide bonds. The Morgan fingerprint density at radius 3 is 2.94 bits per heavy atom. The van der Waals surface area contributed by atoms with E-state index in [1.807, 2.05) is 0 Å². The molecule has 0 aliphatic carbocycles. The number of hydrogen-bond donors (Lipinski definition) is 0. The van der Waals surface area contributed by atoms with Gasteiger partial charge in [0, 0.05) is 0 Å². The summed E-state index contributed by atoms with van der Waals surface area (Å²) in [6, 6.07) is 6.30. The second-order valence-electron chi connectivity index (χ2n) is 2.62. The number of isocyanates is 1. The normalized spacial score (nSPS) is 8.75. The molecule has 0 atom stereocenters. The molecule has 0 aliphatic rings. The van der Waals surface area contributed by atoms with E-state index in [0.29, 0.717) is 0 Å². The molecule has 0 unspecified atom stereocenters. The number of hydrogen-bond acceptors (Lipinski definition) is 5. The molecular formula is C11H9NO4. The second kappa shape index (κ2) is 6.16. The van der Waals surface area contributed by atoms with Crippen molar-refractivity contribution in [1.29, 1.82) is 0 Å². The Kier molecular flexibility index (Phi) is 4.50. The van der Waals surface area contributed by atoms with Crippen molar-refractivity contribution in [2.45, 2.75) is 0 Å². The summed E-state index contributed by atoms with van der Waals surface area (Å²) >= 11 is 0. The molecule has 16 heavy (non-hydrogen) atoms. The van der Waals surface area contributed by atoms with E-state index in [0.717, 1.165) is 0 Å². The van der Waals surface area contributed by atoms with Crippen molar-refractivity contribution in [3.8, 4) is 5.75 Å². The highest BCUT2D eigenvalue weighted by atomic mass is 16.7. The van der Waals surface area contributed by atoms with Crippen LogP contribution in [0, 0.1) is 0 Å². The van der Waals surface area contributed by atoms with E-state index in [-0.39, 0.29) is 18.0 Å². The zero-order valence-electron chi connectivity index (χ0n) is 8.38. The zero-order valence-corrected chi connectivity index (χ0v) is 8.38. The fraction of sp³-hybridized carbons (Fsp3) is 0.0909. The molecule has 0 bridgehead atoms. The van der Waals surface area contributed by atoms with E-state index in [2.05, 4.69) is 16.3 Å². The van der Waals surface area contributed by atoms with Gasteiger partial charge in [-0.25, -0.2) is 9.59 Å². The first-order chi connectivity index (χ1) is 7.77. The summed E-state index contributed by atoms with van der Waals surface area (Å²) in [4.78, 5) is 24.6. The van der Waals surface area contributed by atoms with E-state index < -0.39 is 6.16 Å². The van der Waals surface area contributed by atoms with E-state index in [1.165, 1.54) is 24.3 Å². The molecule has 82 valence electrons. The maximum absolute atomic E-state index is 11.1. The summed E-state index contributed by atoms with van der Waals surface area (Å²) in [5, 5.41) is 0. The van der Waals surface area contributed by atoms with Crippen LogP contribution in [0.3, 0.4) is 0 Å². The van der Waals surface area contributed by atoms with Crippen LogP contribution in [-0.2, 0) is 9.53 Å². The summed E-state index contributed by atoms with van der Waals surface area (Å²) in [6.45, 7) is 3.44. The quantitative estimate of drug-likeness (QED) is 0.256. The highest BCUT2D eigenvalue weighted by Gasteiger charge is 2.08. The summed E-state index contributed by atoms with van der Waals surface area (Å²) in [7, 11) is 0. The number of benzene rings is 1. The smallest absolute Gasteiger partial charge is 0.430 e. The average Bonchev–Trinajstić information content (AvgIpc) is 2.29. The molecule has 0 heterocycles. The van der Waals surface area contributed by atoms with Crippen molar-refractivity contribution in [2.24, 2.45) is 4.99 Å². The molecule has 0 aromatic heterocycles. The lowest BCUT2D eigenvalue weighted by Crippen LogP contribution is -2.10. The van der Waals surface area contributed by atoms with Gasteiger partial charge in [0.25, 0.3) is 0 Å². The summed E-state index contributed by atoms with van der Waals surface area (Å²) in [5.41, 5.74) is 0.216. The number of para-hydroxylation sites is 2. The minimum absolute atomic E-state index is 0.0535. The minimum atomic E-state index is -0.881. The van der Waals surface area contributed by atoms with E-state index in [1.54, 1.807) is 12.1 Å². The maximum atomic E-state index is 11.1. The number of carbonyl (C=O) groups is 1. The topological polar surface area (TPSA) is 65.0 Å². The highest BCUT2D eigenvalue weighted by Crippen LogP contribution is 2.26. The van der Waals surface area contributed by atoms with Gasteiger partial charge >= 0.3 is 6.16 Å². The third-order valence-corrected chi connectivity index (χ3v) is 1.54. The Morgan fingerprint density at radius 1 is 1.50 bits per heavy atom. The molecule has 1 rings (SSSR count). The molecule has 0 aliphatic heterocycles. The van der Waals surface area contributed by atoms with Gasteiger partial charge in [-0.05, 0) is 12.1 Å². The predicted molar refractivity (Wildman–Crippen MR) is 56.4 cm³/mol. The minimum Gasteiger partial charge on any atom is -0.430 e. The standard InChI is InChI=1S/C11H9NO4/c1-2-7-15-11(14)16-10-6-4-3-5-9(10)12-8-13/h2-6H,1,7H2. The predicted octanol–water partition coefficient (Wildman–Crippen LogP) is 2.36. The molecule has 0 spiro atoms. The average molecular weight is 219 g/mol. The van der Waals surface area contributed by atoms with Crippen LogP contribution in [-0.4, -0.2) is 18.8 Å². The Labute approximate surface area is 92.0 Å². The van der Waals surface area contributed by atoms with E-state index in [4.69, 9.17) is 4.74 Å². The van der Waals surface area contributed by atoms with Gasteiger partial charge < -0.3 is 9.47 Å². The lowest BCUT2D eigenvalue weighted by atomic mass is 10.3. The van der Waals surface area contributed by atoms with Gasteiger partial charge in [0.05, 0.1) is 0 Å². The zero-order chi connectivity index (χ0) is 11.8. The molecule has 5 nitrogen and oxygen atoms in total. The lowest BCUT2D eigenvalue weighted by molar-refractivity contribution is 0.110. The Bertz CT molecular complexity index is 435. The van der Waals surface area contributed by atoms with E-state index >= 15 is 0 Å². The molecule has 5 heteroatoms. The number of ether oxygens (including phenoxy) is 2. The van der Waals surface area contributed by atoms with Crippen molar-refractivity contribution in [2.75, 3.05) is 6.61 Å². The van der Waals surface area contributed by atoms with Crippen LogP contribution >= 0.6 is 0 Å². The molecular weight excluding hydrogens is 210 g/mol. The van der Waals surface area contributed by atoms with Crippen LogP contribution in [0.5, 0.6) is 5.75 Å². The number of aliphatic imine (C=N–C) groups is 1. The van der Waals surface area contributed by atoms with Crippen LogP contribution in [0.25, 0.3) is 0 Å². The molecule has 0 saturated carbocycles. The number of nitrogens with zero attached hydrogens (tertiary/aromatic N) is 1. The van der Waals surface area contributed by atoms with Gasteiger partial charge in [-0.15, -0.1) is 0 Å². The van der Waals surface area contributed by atoms with Crippen molar-refractivity contribution in [3.05, 3.63) is 36.9 Å². The van der Waals surface area contributed by atoms with Crippen molar-refractivity contribution in [3.63, 3.8) is 0 Å². The van der Waals surface area contributed by atoms with Crippen molar-refractivity contribution in [1.82, 2.24) is 0 Å². The summed E-state index contributed by atoms with van der Waals surface area (Å²) < 4.78 is 9.43.